The van der Waals surface area contributed by atoms with Crippen LogP contribution >= 0.6 is 15.8 Å². The predicted molar refractivity (Wildman–Crippen MR) is 168 cm³/mol. The third-order valence-electron chi connectivity index (χ3n) is 10.1. The minimum absolute atomic E-state index is 0. The van der Waals surface area contributed by atoms with Gasteiger partial charge in [-0.2, -0.15) is 26.3 Å². The van der Waals surface area contributed by atoms with Gasteiger partial charge in [0, 0.05) is 25.6 Å². The molecule has 259 valence electrons. The molecular formula is C33H54F6O2P2Rh. The molecule has 0 aromatic rings. The van der Waals surface area contributed by atoms with Crippen molar-refractivity contribution in [3.05, 3.63) is 11.8 Å². The van der Waals surface area contributed by atoms with Crippen molar-refractivity contribution >= 4 is 21.6 Å². The molecule has 4 aliphatic rings. The number of alkyl halides is 6. The van der Waals surface area contributed by atoms with Crippen LogP contribution in [0.1, 0.15) is 141 Å². The molecule has 0 amide bonds. The first-order valence-corrected chi connectivity index (χ1v) is 20.4. The largest absolute Gasteiger partial charge is 0.504 e. The number of ketones is 1. The number of aliphatic hydroxyl groups excluding tert-OH is 1. The number of unbranched alkanes of at least 4 members (excludes halogenated alkanes) is 1. The van der Waals surface area contributed by atoms with Gasteiger partial charge in [-0.3, -0.25) is 4.79 Å². The number of carbonyl (C=O) groups is 1. The van der Waals surface area contributed by atoms with Crippen molar-refractivity contribution in [1.82, 2.24) is 0 Å². The molecule has 0 saturated heterocycles. The Balaban J connectivity index is 0.000000412. The summed E-state index contributed by atoms with van der Waals surface area (Å²) in [5.41, 5.74) is 4.70. The Labute approximate surface area is 277 Å². The first-order chi connectivity index (χ1) is 20.5. The second kappa shape index (κ2) is 20.6. The van der Waals surface area contributed by atoms with Crippen LogP contribution in [0.2, 0.25) is 0 Å². The molecule has 44 heavy (non-hydrogen) atoms. The van der Waals surface area contributed by atoms with Crippen molar-refractivity contribution in [1.29, 1.82) is 0 Å². The predicted octanol–water partition coefficient (Wildman–Crippen LogP) is 12.2. The first kappa shape index (κ1) is 40.4. The maximum absolute atomic E-state index is 11.4. The van der Waals surface area contributed by atoms with E-state index in [1.807, 2.05) is 0 Å². The van der Waals surface area contributed by atoms with E-state index in [4.69, 9.17) is 5.11 Å². The number of allylic oxidation sites excluding steroid dienone is 2. The smallest absolute Gasteiger partial charge is 0.454 e. The van der Waals surface area contributed by atoms with Crippen LogP contribution in [-0.4, -0.2) is 58.2 Å². The average Bonchev–Trinajstić information content (AvgIpc) is 3.00. The molecule has 4 aliphatic carbocycles. The van der Waals surface area contributed by atoms with Crippen molar-refractivity contribution in [2.24, 2.45) is 0 Å². The summed E-state index contributed by atoms with van der Waals surface area (Å²) in [6, 6.07) is 0. The Hall–Kier alpha value is 0.273. The van der Waals surface area contributed by atoms with Gasteiger partial charge in [-0.1, -0.05) is 77.0 Å². The van der Waals surface area contributed by atoms with Gasteiger partial charge in [0.25, 0.3) is 5.78 Å². The Morgan fingerprint density at radius 2 is 0.818 bits per heavy atom. The summed E-state index contributed by atoms with van der Waals surface area (Å²) >= 11 is 0. The molecule has 0 aromatic carbocycles. The normalized spacial score (nSPS) is 22.4. The second-order valence-electron chi connectivity index (χ2n) is 13.2. The molecule has 0 aliphatic heterocycles. The van der Waals surface area contributed by atoms with Crippen molar-refractivity contribution in [3.63, 3.8) is 0 Å². The van der Waals surface area contributed by atoms with Gasteiger partial charge in [0.1, 0.15) is 0 Å². The number of hydrogen-bond acceptors (Lipinski definition) is 2. The Morgan fingerprint density at radius 3 is 1.05 bits per heavy atom. The molecule has 4 fully saturated rings. The van der Waals surface area contributed by atoms with Gasteiger partial charge >= 0.3 is 12.4 Å². The van der Waals surface area contributed by atoms with Gasteiger partial charge in [0.15, 0.2) is 0 Å². The fraction of sp³-hybridized carbons (Fsp3) is 0.909. The summed E-state index contributed by atoms with van der Waals surface area (Å²) in [6.07, 6.45) is 26.4. The van der Waals surface area contributed by atoms with Crippen LogP contribution in [-0.2, 0) is 24.3 Å². The number of rotatable bonds is 10. The minimum atomic E-state index is -5.42. The summed E-state index contributed by atoms with van der Waals surface area (Å²) in [7, 11) is 0.701. The van der Waals surface area contributed by atoms with Gasteiger partial charge in [-0.05, 0) is 99.2 Å². The number of aliphatic hydroxyl groups is 1. The van der Waals surface area contributed by atoms with Crippen LogP contribution in [0.3, 0.4) is 0 Å². The maximum Gasteiger partial charge on any atom is 0.454 e. The minimum Gasteiger partial charge on any atom is -0.504 e. The van der Waals surface area contributed by atoms with Crippen molar-refractivity contribution in [2.75, 3.05) is 12.3 Å². The summed E-state index contributed by atoms with van der Waals surface area (Å²) in [5, 5.41) is 7.93. The molecule has 0 aromatic heterocycles. The van der Waals surface area contributed by atoms with Crippen molar-refractivity contribution in [2.45, 2.75) is 176 Å². The number of hydrogen-bond donors (Lipinski definition) is 1. The van der Waals surface area contributed by atoms with E-state index in [0.29, 0.717) is 15.8 Å². The van der Waals surface area contributed by atoms with Crippen molar-refractivity contribution in [3.8, 4) is 0 Å². The molecule has 11 heteroatoms. The molecule has 0 atom stereocenters. The van der Waals surface area contributed by atoms with Gasteiger partial charge in [0.2, 0.25) is 5.76 Å². The number of carbonyl (C=O) groups excluding carboxylic acids is 1. The van der Waals surface area contributed by atoms with Crippen LogP contribution in [0.15, 0.2) is 11.8 Å². The van der Waals surface area contributed by atoms with Gasteiger partial charge in [-0.25, -0.2) is 0 Å². The molecule has 1 N–H and O–H groups in total. The zero-order valence-electron chi connectivity index (χ0n) is 26.2. The molecule has 4 saturated carbocycles. The fourth-order valence-electron chi connectivity index (χ4n) is 7.85. The van der Waals surface area contributed by atoms with E-state index in [-0.39, 0.29) is 19.5 Å². The first-order valence-electron chi connectivity index (χ1n) is 17.1. The van der Waals surface area contributed by atoms with E-state index in [2.05, 4.69) is 0 Å². The van der Waals surface area contributed by atoms with Crippen molar-refractivity contribution < 1.29 is 55.7 Å². The monoisotopic (exact) mass is 761 g/mol. The Bertz CT molecular complexity index is 751. The molecule has 2 nitrogen and oxygen atoms in total. The standard InChI is InChI=1S/C28H52P2.C5H2F6O2.Rh/c1-5-15-25(16-6-1)29(26-17-7-2-8-18-26)23-13-14-24-30(27-19-9-3-10-20-27)28-21-11-4-12-22-28;6-4(7,8)2(12)1-3(13)5(9,10)11;/h25-28H,1-24H2;1,12H;/b;2-1-;. The van der Waals surface area contributed by atoms with E-state index in [1.165, 1.54) is 48.3 Å². The summed E-state index contributed by atoms with van der Waals surface area (Å²) in [5.74, 6) is -5.34. The van der Waals surface area contributed by atoms with Gasteiger partial charge in [0.05, 0.1) is 0 Å². The van der Waals surface area contributed by atoms with Crippen LogP contribution in [0.5, 0.6) is 0 Å². The SMILES string of the molecule is C1CCC(P(CCCCP(C2CCCCC2)C2CCCCC2)C2CCCCC2)CC1.O=C(/C=C(\O)C(F)(F)F)C(F)(F)F.[Rh]. The van der Waals surface area contributed by atoms with E-state index < -0.39 is 30.0 Å². The molecule has 0 spiro atoms. The maximum atomic E-state index is 11.4. The summed E-state index contributed by atoms with van der Waals surface area (Å²) < 4.78 is 68.1. The van der Waals surface area contributed by atoms with E-state index in [1.54, 1.807) is 128 Å². The Morgan fingerprint density at radius 1 is 0.545 bits per heavy atom. The fourth-order valence-corrected chi connectivity index (χ4v) is 15.8. The zero-order chi connectivity index (χ0) is 31.3. The molecule has 0 heterocycles. The molecule has 1 radical (unpaired) electrons. The topological polar surface area (TPSA) is 37.3 Å². The van der Waals surface area contributed by atoms with E-state index >= 15 is 0 Å². The molecule has 4 rings (SSSR count). The molecular weight excluding hydrogens is 707 g/mol. The molecule has 0 bridgehead atoms. The third kappa shape index (κ3) is 14.2. The second-order valence-corrected chi connectivity index (χ2v) is 19.1. The van der Waals surface area contributed by atoms with Crippen LogP contribution in [0, 0.1) is 0 Å². The average molecular weight is 762 g/mol. The Kier molecular flexibility index (Phi) is 18.9. The molecule has 0 unspecified atom stereocenters. The van der Waals surface area contributed by atoms with Crippen LogP contribution in [0.25, 0.3) is 0 Å². The van der Waals surface area contributed by atoms with Crippen LogP contribution < -0.4 is 0 Å². The quantitative estimate of drug-likeness (QED) is 0.0601. The van der Waals surface area contributed by atoms with Gasteiger partial charge in [-0.15, -0.1) is 15.8 Å². The van der Waals surface area contributed by atoms with Gasteiger partial charge < -0.3 is 5.11 Å². The van der Waals surface area contributed by atoms with E-state index in [0.717, 1.165) is 0 Å². The summed E-state index contributed by atoms with van der Waals surface area (Å²) in [6.45, 7) is 0. The van der Waals surface area contributed by atoms with E-state index in [9.17, 15) is 31.1 Å². The number of halogens is 6. The summed E-state index contributed by atoms with van der Waals surface area (Å²) in [4.78, 5) is 9.86. The third-order valence-corrected chi connectivity index (χ3v) is 17.6. The zero-order valence-corrected chi connectivity index (χ0v) is 29.6. The van der Waals surface area contributed by atoms with Crippen LogP contribution in [0.4, 0.5) is 26.3 Å².